The van der Waals surface area contributed by atoms with Gasteiger partial charge in [-0.1, -0.05) is 0 Å². The molecule has 0 aliphatic carbocycles. The molecule has 0 fully saturated rings. The van der Waals surface area contributed by atoms with E-state index in [0.717, 1.165) is 23.4 Å². The van der Waals surface area contributed by atoms with Gasteiger partial charge in [-0.05, 0) is 44.2 Å². The highest BCUT2D eigenvalue weighted by atomic mass is 19.1. The minimum absolute atomic E-state index is 0.136. The van der Waals surface area contributed by atoms with Crippen molar-refractivity contribution in [3.63, 3.8) is 0 Å². The molecule has 4 heteroatoms. The molecule has 0 aliphatic rings. The van der Waals surface area contributed by atoms with E-state index in [9.17, 15) is 4.39 Å². The molecule has 1 aromatic carbocycles. The summed E-state index contributed by atoms with van der Waals surface area (Å²) in [6, 6.07) is 3.68. The molecule has 0 radical (unpaired) electrons. The summed E-state index contributed by atoms with van der Waals surface area (Å²) in [5.74, 6) is -0.136. The van der Waals surface area contributed by atoms with Crippen molar-refractivity contribution < 1.29 is 4.39 Å². The molecule has 2 aromatic rings. The predicted molar refractivity (Wildman–Crippen MR) is 66.2 cm³/mol. The van der Waals surface area contributed by atoms with Crippen LogP contribution in [0.25, 0.3) is 11.3 Å². The molecule has 0 unspecified atom stereocenters. The number of aromatic nitrogens is 2. The SMILES string of the molecule is CNCc1cn[nH]c1-c1cc(C)c(F)c(C)c1. The van der Waals surface area contributed by atoms with Crippen LogP contribution in [0.2, 0.25) is 0 Å². The van der Waals surface area contributed by atoms with E-state index in [1.165, 1.54) is 0 Å². The van der Waals surface area contributed by atoms with E-state index in [1.54, 1.807) is 20.0 Å². The van der Waals surface area contributed by atoms with Crippen molar-refractivity contribution in [2.75, 3.05) is 7.05 Å². The van der Waals surface area contributed by atoms with Crippen LogP contribution in [0, 0.1) is 19.7 Å². The number of nitrogens with zero attached hydrogens (tertiary/aromatic N) is 1. The molecule has 0 bridgehead atoms. The number of aryl methyl sites for hydroxylation is 2. The normalized spacial score (nSPS) is 10.8. The first kappa shape index (κ1) is 11.8. The summed E-state index contributed by atoms with van der Waals surface area (Å²) in [6.07, 6.45) is 1.79. The molecule has 1 heterocycles. The van der Waals surface area contributed by atoms with Crippen molar-refractivity contribution in [3.05, 3.63) is 40.8 Å². The Morgan fingerprint density at radius 3 is 2.53 bits per heavy atom. The van der Waals surface area contributed by atoms with E-state index in [1.807, 2.05) is 19.2 Å². The number of hydrogen-bond acceptors (Lipinski definition) is 2. The average molecular weight is 233 g/mol. The lowest BCUT2D eigenvalue weighted by Crippen LogP contribution is -2.05. The van der Waals surface area contributed by atoms with Crippen LogP contribution in [0.15, 0.2) is 18.3 Å². The Balaban J connectivity index is 2.49. The molecule has 2 rings (SSSR count). The van der Waals surface area contributed by atoms with Crippen LogP contribution in [0.5, 0.6) is 0 Å². The molecule has 0 saturated heterocycles. The third-order valence-electron chi connectivity index (χ3n) is 2.81. The topological polar surface area (TPSA) is 40.7 Å². The van der Waals surface area contributed by atoms with Gasteiger partial charge in [0.1, 0.15) is 5.82 Å². The molecule has 3 nitrogen and oxygen atoms in total. The zero-order valence-corrected chi connectivity index (χ0v) is 10.3. The summed E-state index contributed by atoms with van der Waals surface area (Å²) in [6.45, 7) is 4.29. The van der Waals surface area contributed by atoms with E-state index < -0.39 is 0 Å². The van der Waals surface area contributed by atoms with Gasteiger partial charge in [0.05, 0.1) is 11.9 Å². The van der Waals surface area contributed by atoms with Crippen molar-refractivity contribution in [2.24, 2.45) is 0 Å². The quantitative estimate of drug-likeness (QED) is 0.855. The van der Waals surface area contributed by atoms with Crippen LogP contribution in [0.3, 0.4) is 0 Å². The Morgan fingerprint density at radius 1 is 1.29 bits per heavy atom. The highest BCUT2D eigenvalue weighted by molar-refractivity contribution is 5.64. The van der Waals surface area contributed by atoms with Gasteiger partial charge >= 0.3 is 0 Å². The van der Waals surface area contributed by atoms with E-state index in [2.05, 4.69) is 15.5 Å². The van der Waals surface area contributed by atoms with E-state index in [-0.39, 0.29) is 5.82 Å². The van der Waals surface area contributed by atoms with Gasteiger partial charge in [0.25, 0.3) is 0 Å². The third-order valence-corrected chi connectivity index (χ3v) is 2.81. The summed E-state index contributed by atoms with van der Waals surface area (Å²) < 4.78 is 13.6. The minimum atomic E-state index is -0.136. The third kappa shape index (κ3) is 2.22. The Labute approximate surface area is 100 Å². The van der Waals surface area contributed by atoms with Gasteiger partial charge in [0, 0.05) is 17.7 Å². The van der Waals surface area contributed by atoms with Gasteiger partial charge in [-0.2, -0.15) is 5.10 Å². The van der Waals surface area contributed by atoms with Crippen LogP contribution < -0.4 is 5.32 Å². The maximum Gasteiger partial charge on any atom is 0.129 e. The van der Waals surface area contributed by atoms with Crippen LogP contribution in [-0.2, 0) is 6.54 Å². The standard InChI is InChI=1S/C13H16FN3/c1-8-4-10(5-9(2)12(8)14)13-11(6-15-3)7-16-17-13/h4-5,7,15H,6H2,1-3H3,(H,16,17). The summed E-state index contributed by atoms with van der Waals surface area (Å²) in [7, 11) is 1.89. The molecule has 0 amide bonds. The van der Waals surface area contributed by atoms with Crippen molar-refractivity contribution in [1.29, 1.82) is 0 Å². The fourth-order valence-corrected chi connectivity index (χ4v) is 1.98. The largest absolute Gasteiger partial charge is 0.316 e. The van der Waals surface area contributed by atoms with Crippen molar-refractivity contribution >= 4 is 0 Å². The molecule has 17 heavy (non-hydrogen) atoms. The predicted octanol–water partition coefficient (Wildman–Crippen LogP) is 2.55. The molecule has 0 aliphatic heterocycles. The maximum atomic E-state index is 13.6. The number of H-pyrrole nitrogens is 1. The zero-order valence-electron chi connectivity index (χ0n) is 10.3. The van der Waals surface area contributed by atoms with Crippen molar-refractivity contribution in [1.82, 2.24) is 15.5 Å². The molecule has 0 atom stereocenters. The van der Waals surface area contributed by atoms with E-state index in [0.29, 0.717) is 11.1 Å². The number of hydrogen-bond donors (Lipinski definition) is 2. The molecule has 0 spiro atoms. The minimum Gasteiger partial charge on any atom is -0.316 e. The van der Waals surface area contributed by atoms with Gasteiger partial charge in [-0.15, -0.1) is 0 Å². The van der Waals surface area contributed by atoms with Crippen LogP contribution >= 0.6 is 0 Å². The van der Waals surface area contributed by atoms with Crippen molar-refractivity contribution in [2.45, 2.75) is 20.4 Å². The second-order valence-corrected chi connectivity index (χ2v) is 4.22. The summed E-state index contributed by atoms with van der Waals surface area (Å²) in [4.78, 5) is 0. The number of nitrogens with one attached hydrogen (secondary N) is 2. The Hall–Kier alpha value is -1.68. The Bertz CT molecular complexity index is 508. The molecular weight excluding hydrogens is 217 g/mol. The van der Waals surface area contributed by atoms with E-state index in [4.69, 9.17) is 0 Å². The summed E-state index contributed by atoms with van der Waals surface area (Å²) in [5, 5.41) is 10.1. The average Bonchev–Trinajstić information content (AvgIpc) is 2.74. The van der Waals surface area contributed by atoms with Gasteiger partial charge in [-0.3, -0.25) is 5.10 Å². The smallest absolute Gasteiger partial charge is 0.129 e. The maximum absolute atomic E-state index is 13.6. The zero-order chi connectivity index (χ0) is 12.4. The second-order valence-electron chi connectivity index (χ2n) is 4.22. The molecule has 90 valence electrons. The summed E-state index contributed by atoms with van der Waals surface area (Å²) >= 11 is 0. The van der Waals surface area contributed by atoms with Crippen LogP contribution in [0.4, 0.5) is 4.39 Å². The van der Waals surface area contributed by atoms with Gasteiger partial charge in [0.2, 0.25) is 0 Å². The Kier molecular flexibility index (Phi) is 3.24. The fraction of sp³-hybridized carbons (Fsp3) is 0.308. The molecule has 1 aromatic heterocycles. The van der Waals surface area contributed by atoms with Gasteiger partial charge in [-0.25, -0.2) is 4.39 Å². The first-order chi connectivity index (χ1) is 8.13. The highest BCUT2D eigenvalue weighted by Crippen LogP contribution is 2.25. The lowest BCUT2D eigenvalue weighted by molar-refractivity contribution is 0.609. The van der Waals surface area contributed by atoms with Gasteiger partial charge < -0.3 is 5.32 Å². The van der Waals surface area contributed by atoms with Crippen LogP contribution in [-0.4, -0.2) is 17.2 Å². The monoisotopic (exact) mass is 233 g/mol. The number of aromatic amines is 1. The number of benzene rings is 1. The molecule has 0 saturated carbocycles. The Morgan fingerprint density at radius 2 is 1.94 bits per heavy atom. The summed E-state index contributed by atoms with van der Waals surface area (Å²) in [5.41, 5.74) is 4.32. The highest BCUT2D eigenvalue weighted by Gasteiger charge is 2.10. The number of rotatable bonds is 3. The first-order valence-corrected chi connectivity index (χ1v) is 5.57. The lowest BCUT2D eigenvalue weighted by Gasteiger charge is -2.07. The second kappa shape index (κ2) is 4.67. The van der Waals surface area contributed by atoms with Gasteiger partial charge in [0.15, 0.2) is 0 Å². The molecule has 2 N–H and O–H groups in total. The van der Waals surface area contributed by atoms with Crippen molar-refractivity contribution in [3.8, 4) is 11.3 Å². The first-order valence-electron chi connectivity index (χ1n) is 5.57. The van der Waals surface area contributed by atoms with E-state index >= 15 is 0 Å². The number of halogens is 1. The lowest BCUT2D eigenvalue weighted by atomic mass is 10.0. The fourth-order valence-electron chi connectivity index (χ4n) is 1.98. The molecular formula is C13H16FN3. The van der Waals surface area contributed by atoms with Crippen LogP contribution in [0.1, 0.15) is 16.7 Å².